The maximum absolute atomic E-state index is 12.1. The molecule has 4 nitrogen and oxygen atoms in total. The predicted molar refractivity (Wildman–Crippen MR) is 98.5 cm³/mol. The first kappa shape index (κ1) is 18.4. The van der Waals surface area contributed by atoms with Crippen LogP contribution in [-0.4, -0.2) is 24.5 Å². The van der Waals surface area contributed by atoms with Crippen LogP contribution in [0, 0.1) is 0 Å². The standard InChI is InChI=1S/C19H24ClN3O/c1-19(2,3)15-9-7-14(8-10-15)12-23(4)13-17(24)22-16-6-5-11-21-18(16)20/h5-11H,12-13H2,1-4H3,(H,22,24)/p+1. The van der Waals surface area contributed by atoms with E-state index < -0.39 is 0 Å². The maximum Gasteiger partial charge on any atom is 0.279 e. The van der Waals surface area contributed by atoms with Crippen LogP contribution in [0.4, 0.5) is 5.69 Å². The lowest BCUT2D eigenvalue weighted by atomic mass is 9.87. The highest BCUT2D eigenvalue weighted by Gasteiger charge is 2.15. The molecule has 1 aromatic carbocycles. The third-order valence-electron chi connectivity index (χ3n) is 3.82. The molecule has 0 spiro atoms. The smallest absolute Gasteiger partial charge is 0.279 e. The first-order valence-corrected chi connectivity index (χ1v) is 8.44. The van der Waals surface area contributed by atoms with Crippen molar-refractivity contribution in [1.82, 2.24) is 4.98 Å². The lowest BCUT2D eigenvalue weighted by Gasteiger charge is -2.19. The van der Waals surface area contributed by atoms with Gasteiger partial charge in [0.25, 0.3) is 5.91 Å². The van der Waals surface area contributed by atoms with Crippen LogP contribution in [0.2, 0.25) is 5.15 Å². The molecule has 0 radical (unpaired) electrons. The van der Waals surface area contributed by atoms with Gasteiger partial charge in [-0.2, -0.15) is 0 Å². The zero-order valence-electron chi connectivity index (χ0n) is 14.7. The van der Waals surface area contributed by atoms with Crippen LogP contribution in [0.15, 0.2) is 42.6 Å². The van der Waals surface area contributed by atoms with Gasteiger partial charge in [0.15, 0.2) is 11.7 Å². The highest BCUT2D eigenvalue weighted by atomic mass is 35.5. The SMILES string of the molecule is C[NH+](CC(=O)Nc1cccnc1Cl)Cc1ccc(C(C)(C)C)cc1. The molecule has 0 aliphatic carbocycles. The molecular formula is C19H25ClN3O+. The highest BCUT2D eigenvalue weighted by Crippen LogP contribution is 2.22. The van der Waals surface area contributed by atoms with E-state index in [4.69, 9.17) is 11.6 Å². The van der Waals surface area contributed by atoms with Crippen molar-refractivity contribution in [2.24, 2.45) is 0 Å². The first-order chi connectivity index (χ1) is 11.3. The van der Waals surface area contributed by atoms with Crippen molar-refractivity contribution >= 4 is 23.2 Å². The molecule has 2 aromatic rings. The minimum Gasteiger partial charge on any atom is -0.326 e. The Morgan fingerprint density at radius 1 is 1.21 bits per heavy atom. The third-order valence-corrected chi connectivity index (χ3v) is 4.12. The topological polar surface area (TPSA) is 46.4 Å². The third kappa shape index (κ3) is 5.32. The number of amides is 1. The molecule has 0 fully saturated rings. The average molecular weight is 347 g/mol. The van der Waals surface area contributed by atoms with Crippen molar-refractivity contribution in [2.45, 2.75) is 32.7 Å². The van der Waals surface area contributed by atoms with Crippen LogP contribution >= 0.6 is 11.6 Å². The number of aromatic nitrogens is 1. The molecule has 1 unspecified atom stereocenters. The Morgan fingerprint density at radius 2 is 1.88 bits per heavy atom. The number of carbonyl (C=O) groups is 1. The lowest BCUT2D eigenvalue weighted by molar-refractivity contribution is -0.885. The largest absolute Gasteiger partial charge is 0.326 e. The van der Waals surface area contributed by atoms with Crippen LogP contribution in [-0.2, 0) is 16.8 Å². The summed E-state index contributed by atoms with van der Waals surface area (Å²) in [4.78, 5) is 17.2. The summed E-state index contributed by atoms with van der Waals surface area (Å²) in [6, 6.07) is 12.1. The van der Waals surface area contributed by atoms with Gasteiger partial charge >= 0.3 is 0 Å². The Kier molecular flexibility index (Phi) is 5.97. The zero-order valence-corrected chi connectivity index (χ0v) is 15.4. The fraction of sp³-hybridized carbons (Fsp3) is 0.368. The Hall–Kier alpha value is -1.91. The average Bonchev–Trinajstić information content (AvgIpc) is 2.49. The molecular weight excluding hydrogens is 322 g/mol. The number of pyridine rings is 1. The van der Waals surface area contributed by atoms with E-state index in [1.54, 1.807) is 18.3 Å². The Balaban J connectivity index is 1.90. The number of carbonyl (C=O) groups excluding carboxylic acids is 1. The second-order valence-corrected chi connectivity index (χ2v) is 7.51. The molecule has 1 aromatic heterocycles. The summed E-state index contributed by atoms with van der Waals surface area (Å²) >= 11 is 5.95. The molecule has 1 heterocycles. The van der Waals surface area contributed by atoms with Gasteiger partial charge in [0.05, 0.1) is 12.7 Å². The molecule has 1 amide bonds. The van der Waals surface area contributed by atoms with Gasteiger partial charge in [0.1, 0.15) is 6.54 Å². The van der Waals surface area contributed by atoms with Crippen molar-refractivity contribution in [3.8, 4) is 0 Å². The second-order valence-electron chi connectivity index (χ2n) is 7.15. The number of benzene rings is 1. The van der Waals surface area contributed by atoms with E-state index in [0.29, 0.717) is 17.4 Å². The quantitative estimate of drug-likeness (QED) is 0.818. The number of anilines is 1. The van der Waals surface area contributed by atoms with E-state index >= 15 is 0 Å². The van der Waals surface area contributed by atoms with Gasteiger partial charge in [-0.15, -0.1) is 0 Å². The number of halogens is 1. The van der Waals surface area contributed by atoms with Crippen LogP contribution in [0.25, 0.3) is 0 Å². The molecule has 5 heteroatoms. The normalized spacial score (nSPS) is 12.7. The molecule has 0 saturated carbocycles. The van der Waals surface area contributed by atoms with Crippen LogP contribution in [0.5, 0.6) is 0 Å². The van der Waals surface area contributed by atoms with E-state index in [1.165, 1.54) is 11.1 Å². The molecule has 0 aliphatic rings. The summed E-state index contributed by atoms with van der Waals surface area (Å²) in [5.74, 6) is -0.0753. The van der Waals surface area contributed by atoms with Gasteiger partial charge in [0.2, 0.25) is 0 Å². The first-order valence-electron chi connectivity index (χ1n) is 8.07. The van der Waals surface area contributed by atoms with E-state index in [-0.39, 0.29) is 11.3 Å². The summed E-state index contributed by atoms with van der Waals surface area (Å²) in [6.45, 7) is 7.76. The summed E-state index contributed by atoms with van der Waals surface area (Å²) in [6.07, 6.45) is 1.59. The number of rotatable bonds is 5. The molecule has 0 aliphatic heterocycles. The minimum absolute atomic E-state index is 0.0753. The van der Waals surface area contributed by atoms with Crippen LogP contribution in [0.3, 0.4) is 0 Å². The summed E-state index contributed by atoms with van der Waals surface area (Å²) in [5, 5.41) is 3.11. The van der Waals surface area contributed by atoms with Gasteiger partial charge in [-0.3, -0.25) is 4.79 Å². The van der Waals surface area contributed by atoms with Crippen LogP contribution in [0.1, 0.15) is 31.9 Å². The van der Waals surface area contributed by atoms with Crippen molar-refractivity contribution in [3.05, 3.63) is 58.9 Å². The predicted octanol–water partition coefficient (Wildman–Crippen LogP) is 2.69. The fourth-order valence-electron chi connectivity index (χ4n) is 2.48. The van der Waals surface area contributed by atoms with Crippen LogP contribution < -0.4 is 10.2 Å². The van der Waals surface area contributed by atoms with E-state index in [2.05, 4.69) is 55.3 Å². The summed E-state index contributed by atoms with van der Waals surface area (Å²) in [5.41, 5.74) is 3.23. The van der Waals surface area contributed by atoms with E-state index in [9.17, 15) is 4.79 Å². The number of hydrogen-bond donors (Lipinski definition) is 2. The summed E-state index contributed by atoms with van der Waals surface area (Å²) in [7, 11) is 2.00. The fourth-order valence-corrected chi connectivity index (χ4v) is 2.65. The molecule has 0 bridgehead atoms. The zero-order chi connectivity index (χ0) is 17.7. The van der Waals surface area contributed by atoms with E-state index in [1.807, 2.05) is 7.05 Å². The number of quaternary nitrogens is 1. The minimum atomic E-state index is -0.0753. The second kappa shape index (κ2) is 7.77. The van der Waals surface area contributed by atoms with Gasteiger partial charge < -0.3 is 10.2 Å². The Morgan fingerprint density at radius 3 is 2.46 bits per heavy atom. The molecule has 2 rings (SSSR count). The molecule has 128 valence electrons. The van der Waals surface area contributed by atoms with Gasteiger partial charge in [-0.05, 0) is 23.1 Å². The van der Waals surface area contributed by atoms with Crippen molar-refractivity contribution in [2.75, 3.05) is 18.9 Å². The van der Waals surface area contributed by atoms with Gasteiger partial charge in [0, 0.05) is 11.8 Å². The van der Waals surface area contributed by atoms with E-state index in [0.717, 1.165) is 11.4 Å². The number of nitrogens with one attached hydrogen (secondary N) is 2. The monoisotopic (exact) mass is 346 g/mol. The van der Waals surface area contributed by atoms with Crippen molar-refractivity contribution in [1.29, 1.82) is 0 Å². The number of likely N-dealkylation sites (N-methyl/N-ethyl adjacent to an activating group) is 1. The Bertz CT molecular complexity index is 693. The maximum atomic E-state index is 12.1. The molecule has 0 saturated heterocycles. The van der Waals surface area contributed by atoms with Crippen molar-refractivity contribution < 1.29 is 9.69 Å². The van der Waals surface area contributed by atoms with Gasteiger partial charge in [-0.1, -0.05) is 56.6 Å². The lowest BCUT2D eigenvalue weighted by Crippen LogP contribution is -3.08. The molecule has 2 N–H and O–H groups in total. The molecule has 24 heavy (non-hydrogen) atoms. The van der Waals surface area contributed by atoms with Crippen molar-refractivity contribution in [3.63, 3.8) is 0 Å². The molecule has 1 atom stereocenters. The number of nitrogens with zero attached hydrogens (tertiary/aromatic N) is 1. The summed E-state index contributed by atoms with van der Waals surface area (Å²) < 4.78 is 0. The Labute approximate surface area is 148 Å². The highest BCUT2D eigenvalue weighted by molar-refractivity contribution is 6.32. The van der Waals surface area contributed by atoms with Gasteiger partial charge in [-0.25, -0.2) is 4.98 Å². The number of hydrogen-bond acceptors (Lipinski definition) is 2.